The van der Waals surface area contributed by atoms with Crippen LogP contribution >= 0.6 is 11.8 Å². The summed E-state index contributed by atoms with van der Waals surface area (Å²) in [5, 5.41) is 3.46. The van der Waals surface area contributed by atoms with Crippen molar-refractivity contribution in [2.24, 2.45) is 5.73 Å². The molecule has 0 atom stereocenters. The average Bonchev–Trinajstić information content (AvgIpc) is 2.42. The van der Waals surface area contributed by atoms with Crippen molar-refractivity contribution in [3.05, 3.63) is 24.0 Å². The molecule has 0 spiro atoms. The number of hydrogen-bond acceptors (Lipinski definition) is 4. The molecule has 2 rings (SSSR count). The van der Waals surface area contributed by atoms with Crippen LogP contribution in [0.2, 0.25) is 0 Å². The molecule has 3 N–H and O–H groups in total. The zero-order valence-corrected chi connectivity index (χ0v) is 11.4. The molecule has 1 saturated heterocycles. The van der Waals surface area contributed by atoms with Crippen LogP contribution in [-0.4, -0.2) is 30.7 Å². The summed E-state index contributed by atoms with van der Waals surface area (Å²) >= 11 is 1.95. The van der Waals surface area contributed by atoms with Gasteiger partial charge in [0.2, 0.25) is 0 Å². The van der Waals surface area contributed by atoms with E-state index < -0.39 is 0 Å². The van der Waals surface area contributed by atoms with Crippen molar-refractivity contribution in [3.8, 4) is 5.75 Å². The molecule has 1 aliphatic heterocycles. The summed E-state index contributed by atoms with van der Waals surface area (Å²) < 4.78 is 18.3. The maximum absolute atomic E-state index is 13.3. The average molecular weight is 270 g/mol. The van der Waals surface area contributed by atoms with Gasteiger partial charge in [-0.15, -0.1) is 0 Å². The molecule has 1 fully saturated rings. The lowest BCUT2D eigenvalue weighted by atomic mass is 9.92. The first-order valence-electron chi connectivity index (χ1n) is 6.09. The Morgan fingerprint density at radius 2 is 2.17 bits per heavy atom. The summed E-state index contributed by atoms with van der Waals surface area (Å²) in [6, 6.07) is 4.84. The van der Waals surface area contributed by atoms with Crippen molar-refractivity contribution in [1.82, 2.24) is 0 Å². The Balaban J connectivity index is 2.16. The van der Waals surface area contributed by atoms with Crippen molar-refractivity contribution in [3.63, 3.8) is 0 Å². The number of methoxy groups -OCH3 is 1. The lowest BCUT2D eigenvalue weighted by Crippen LogP contribution is -2.48. The van der Waals surface area contributed by atoms with E-state index in [1.165, 1.54) is 13.2 Å². The number of benzene rings is 1. The maximum Gasteiger partial charge on any atom is 0.165 e. The van der Waals surface area contributed by atoms with Crippen LogP contribution in [0, 0.1) is 5.82 Å². The van der Waals surface area contributed by atoms with E-state index >= 15 is 0 Å². The Morgan fingerprint density at radius 3 is 2.78 bits per heavy atom. The minimum atomic E-state index is -0.343. The smallest absolute Gasteiger partial charge is 0.165 e. The Labute approximate surface area is 111 Å². The quantitative estimate of drug-likeness (QED) is 0.882. The molecule has 18 heavy (non-hydrogen) atoms. The minimum absolute atomic E-state index is 0.0614. The van der Waals surface area contributed by atoms with Crippen molar-refractivity contribution in [2.45, 2.75) is 18.4 Å². The summed E-state index contributed by atoms with van der Waals surface area (Å²) in [6.07, 6.45) is 2.07. The molecule has 1 aliphatic rings. The predicted molar refractivity (Wildman–Crippen MR) is 74.9 cm³/mol. The van der Waals surface area contributed by atoms with Gasteiger partial charge in [0.1, 0.15) is 0 Å². The Morgan fingerprint density at radius 1 is 1.44 bits per heavy atom. The maximum atomic E-state index is 13.3. The fourth-order valence-electron chi connectivity index (χ4n) is 2.19. The van der Waals surface area contributed by atoms with Crippen LogP contribution in [0.4, 0.5) is 10.1 Å². The molecule has 100 valence electrons. The number of nitrogens with two attached hydrogens (primary N) is 1. The van der Waals surface area contributed by atoms with Gasteiger partial charge in [0.05, 0.1) is 12.6 Å². The van der Waals surface area contributed by atoms with Gasteiger partial charge in [-0.1, -0.05) is 0 Å². The summed E-state index contributed by atoms with van der Waals surface area (Å²) in [7, 11) is 1.47. The highest BCUT2D eigenvalue weighted by Crippen LogP contribution is 2.31. The van der Waals surface area contributed by atoms with Crippen LogP contribution in [0.1, 0.15) is 12.8 Å². The molecule has 0 radical (unpaired) electrons. The third kappa shape index (κ3) is 2.90. The lowest BCUT2D eigenvalue weighted by molar-refractivity contribution is 0.386. The third-order valence-corrected chi connectivity index (χ3v) is 4.39. The Kier molecular flexibility index (Phi) is 4.35. The molecular formula is C13H19FN2OS. The van der Waals surface area contributed by atoms with Gasteiger partial charge in [0, 0.05) is 18.3 Å². The third-order valence-electron chi connectivity index (χ3n) is 3.40. The van der Waals surface area contributed by atoms with Crippen molar-refractivity contribution < 1.29 is 9.13 Å². The van der Waals surface area contributed by atoms with Crippen LogP contribution in [-0.2, 0) is 0 Å². The topological polar surface area (TPSA) is 47.3 Å². The van der Waals surface area contributed by atoms with E-state index in [9.17, 15) is 4.39 Å². The van der Waals surface area contributed by atoms with Gasteiger partial charge in [-0.25, -0.2) is 4.39 Å². The fourth-order valence-corrected chi connectivity index (χ4v) is 3.46. The van der Waals surface area contributed by atoms with E-state index in [-0.39, 0.29) is 17.1 Å². The number of ether oxygens (including phenoxy) is 1. The number of halogens is 1. The molecule has 0 saturated carbocycles. The standard InChI is InChI=1S/C13H19FN2OS/c1-17-12-8-10(2-3-11(12)14)16-13(9-15)4-6-18-7-5-13/h2-3,8,16H,4-7,9,15H2,1H3. The monoisotopic (exact) mass is 270 g/mol. The highest BCUT2D eigenvalue weighted by Gasteiger charge is 2.30. The second-order valence-electron chi connectivity index (χ2n) is 4.57. The van der Waals surface area contributed by atoms with Gasteiger partial charge >= 0.3 is 0 Å². The first-order valence-corrected chi connectivity index (χ1v) is 7.24. The van der Waals surface area contributed by atoms with Crippen molar-refractivity contribution in [2.75, 3.05) is 30.5 Å². The number of hydrogen-bond donors (Lipinski definition) is 2. The van der Waals surface area contributed by atoms with Gasteiger partial charge in [0.15, 0.2) is 11.6 Å². The van der Waals surface area contributed by atoms with Crippen LogP contribution < -0.4 is 15.8 Å². The molecule has 0 aromatic heterocycles. The predicted octanol–water partition coefficient (Wildman–Crippen LogP) is 2.47. The second-order valence-corrected chi connectivity index (χ2v) is 5.80. The molecular weight excluding hydrogens is 251 g/mol. The molecule has 3 nitrogen and oxygen atoms in total. The fraction of sp³-hybridized carbons (Fsp3) is 0.538. The SMILES string of the molecule is COc1cc(NC2(CN)CCSCC2)ccc1F. The number of thioether (sulfide) groups is 1. The van der Waals surface area contributed by atoms with Crippen molar-refractivity contribution >= 4 is 17.4 Å². The zero-order valence-electron chi connectivity index (χ0n) is 10.5. The zero-order chi connectivity index (χ0) is 13.0. The molecule has 0 unspecified atom stereocenters. The number of rotatable bonds is 4. The molecule has 0 amide bonds. The second kappa shape index (κ2) is 5.80. The Bertz CT molecular complexity index is 408. The van der Waals surface area contributed by atoms with E-state index in [4.69, 9.17) is 10.5 Å². The molecule has 5 heteroatoms. The normalized spacial score (nSPS) is 18.4. The van der Waals surface area contributed by atoms with Gasteiger partial charge in [-0.3, -0.25) is 0 Å². The van der Waals surface area contributed by atoms with E-state index in [1.807, 2.05) is 11.8 Å². The Hall–Kier alpha value is -0.940. The number of anilines is 1. The molecule has 0 aliphatic carbocycles. The molecule has 1 aromatic rings. The van der Waals surface area contributed by atoms with E-state index in [1.54, 1.807) is 12.1 Å². The van der Waals surface area contributed by atoms with E-state index in [0.717, 1.165) is 30.0 Å². The van der Waals surface area contributed by atoms with E-state index in [2.05, 4.69) is 5.32 Å². The van der Waals surface area contributed by atoms with Gasteiger partial charge < -0.3 is 15.8 Å². The number of nitrogens with one attached hydrogen (secondary N) is 1. The summed E-state index contributed by atoms with van der Waals surface area (Å²) in [5.41, 5.74) is 6.71. The lowest BCUT2D eigenvalue weighted by Gasteiger charge is -2.37. The summed E-state index contributed by atoms with van der Waals surface area (Å²) in [5.74, 6) is 2.15. The van der Waals surface area contributed by atoms with Gasteiger partial charge in [0.25, 0.3) is 0 Å². The first kappa shape index (κ1) is 13.5. The molecule has 1 heterocycles. The van der Waals surface area contributed by atoms with Crippen LogP contribution in [0.3, 0.4) is 0 Å². The van der Waals surface area contributed by atoms with Crippen LogP contribution in [0.15, 0.2) is 18.2 Å². The first-order chi connectivity index (χ1) is 8.69. The minimum Gasteiger partial charge on any atom is -0.494 e. The van der Waals surface area contributed by atoms with Crippen LogP contribution in [0.25, 0.3) is 0 Å². The van der Waals surface area contributed by atoms with Gasteiger partial charge in [-0.2, -0.15) is 11.8 Å². The van der Waals surface area contributed by atoms with Crippen molar-refractivity contribution in [1.29, 1.82) is 0 Å². The summed E-state index contributed by atoms with van der Waals surface area (Å²) in [6.45, 7) is 0.591. The van der Waals surface area contributed by atoms with E-state index in [0.29, 0.717) is 6.54 Å². The molecule has 0 bridgehead atoms. The highest BCUT2D eigenvalue weighted by atomic mass is 32.2. The highest BCUT2D eigenvalue weighted by molar-refractivity contribution is 7.99. The largest absolute Gasteiger partial charge is 0.494 e. The van der Waals surface area contributed by atoms with Gasteiger partial charge in [-0.05, 0) is 36.5 Å². The molecule has 1 aromatic carbocycles. The summed E-state index contributed by atoms with van der Waals surface area (Å²) in [4.78, 5) is 0. The van der Waals surface area contributed by atoms with Crippen LogP contribution in [0.5, 0.6) is 5.75 Å².